The summed E-state index contributed by atoms with van der Waals surface area (Å²) in [5.41, 5.74) is 0. The van der Waals surface area contributed by atoms with Gasteiger partial charge in [0.25, 0.3) is 0 Å². The average Bonchev–Trinajstić information content (AvgIpc) is 2.83. The fourth-order valence-corrected chi connectivity index (χ4v) is 2.55. The lowest BCUT2D eigenvalue weighted by Crippen LogP contribution is -1.73. The van der Waals surface area contributed by atoms with E-state index in [1.54, 1.807) is 19.1 Å². The first-order chi connectivity index (χ1) is 7.72. The highest BCUT2D eigenvalue weighted by atomic mass is 32.1. The molecule has 0 radical (unpaired) electrons. The molecular formula is C11H8N2O2S. The molecule has 0 unspecified atom stereocenters. The molecular weight excluding hydrogens is 224 g/mol. The summed E-state index contributed by atoms with van der Waals surface area (Å²) in [6, 6.07) is 7.26. The van der Waals surface area contributed by atoms with E-state index in [4.69, 9.17) is 4.52 Å². The number of benzene rings is 1. The molecule has 0 aliphatic rings. The monoisotopic (exact) mass is 232 g/mol. The van der Waals surface area contributed by atoms with Crippen LogP contribution in [-0.4, -0.2) is 15.2 Å². The minimum atomic E-state index is 0.269. The van der Waals surface area contributed by atoms with E-state index < -0.39 is 0 Å². The van der Waals surface area contributed by atoms with Crippen LogP contribution in [0.3, 0.4) is 0 Å². The maximum absolute atomic E-state index is 9.37. The lowest BCUT2D eigenvalue weighted by Gasteiger charge is -1.89. The van der Waals surface area contributed by atoms with Crippen molar-refractivity contribution in [2.75, 3.05) is 0 Å². The van der Waals surface area contributed by atoms with Crippen molar-refractivity contribution in [3.8, 4) is 16.5 Å². The zero-order valence-electron chi connectivity index (χ0n) is 8.47. The Morgan fingerprint density at radius 2 is 2.19 bits per heavy atom. The number of nitrogens with zero attached hydrogens (tertiary/aromatic N) is 2. The zero-order chi connectivity index (χ0) is 11.1. The second-order valence-corrected chi connectivity index (χ2v) is 4.55. The van der Waals surface area contributed by atoms with Crippen LogP contribution >= 0.6 is 11.3 Å². The van der Waals surface area contributed by atoms with Crippen molar-refractivity contribution in [2.24, 2.45) is 0 Å². The van der Waals surface area contributed by atoms with Crippen molar-refractivity contribution in [2.45, 2.75) is 6.92 Å². The van der Waals surface area contributed by atoms with Crippen molar-refractivity contribution in [3.63, 3.8) is 0 Å². The van der Waals surface area contributed by atoms with Crippen LogP contribution in [0.15, 0.2) is 28.8 Å². The Morgan fingerprint density at radius 3 is 2.94 bits per heavy atom. The molecule has 0 saturated carbocycles. The molecule has 2 aromatic heterocycles. The van der Waals surface area contributed by atoms with Gasteiger partial charge in [0.15, 0.2) is 0 Å². The van der Waals surface area contributed by atoms with Gasteiger partial charge in [-0.05, 0) is 29.7 Å². The van der Waals surface area contributed by atoms with Gasteiger partial charge in [0.05, 0.1) is 4.88 Å². The summed E-state index contributed by atoms with van der Waals surface area (Å²) in [6.45, 7) is 1.76. The minimum absolute atomic E-state index is 0.269. The predicted molar refractivity (Wildman–Crippen MR) is 61.5 cm³/mol. The molecule has 0 spiro atoms. The molecule has 0 atom stereocenters. The Kier molecular flexibility index (Phi) is 1.94. The molecule has 0 saturated heterocycles. The van der Waals surface area contributed by atoms with E-state index in [1.807, 2.05) is 12.1 Å². The van der Waals surface area contributed by atoms with Crippen LogP contribution in [0.25, 0.3) is 20.8 Å². The fourth-order valence-electron chi connectivity index (χ4n) is 1.53. The molecule has 2 heterocycles. The van der Waals surface area contributed by atoms with Gasteiger partial charge in [-0.25, -0.2) is 0 Å². The average molecular weight is 232 g/mol. The minimum Gasteiger partial charge on any atom is -0.508 e. The van der Waals surface area contributed by atoms with Gasteiger partial charge in [-0.2, -0.15) is 4.98 Å². The van der Waals surface area contributed by atoms with Crippen molar-refractivity contribution in [1.29, 1.82) is 0 Å². The summed E-state index contributed by atoms with van der Waals surface area (Å²) in [5.74, 6) is 1.42. The maximum atomic E-state index is 9.37. The van der Waals surface area contributed by atoms with Crippen LogP contribution in [0.1, 0.15) is 5.89 Å². The lowest BCUT2D eigenvalue weighted by molar-refractivity contribution is 0.394. The number of rotatable bonds is 1. The van der Waals surface area contributed by atoms with Crippen molar-refractivity contribution < 1.29 is 9.63 Å². The summed E-state index contributed by atoms with van der Waals surface area (Å²) in [6.07, 6.45) is 0. The van der Waals surface area contributed by atoms with Gasteiger partial charge >= 0.3 is 0 Å². The smallest absolute Gasteiger partial charge is 0.223 e. The first-order valence-corrected chi connectivity index (χ1v) is 5.57. The first kappa shape index (κ1) is 9.35. The van der Waals surface area contributed by atoms with Gasteiger partial charge in [-0.1, -0.05) is 5.16 Å². The molecule has 1 aromatic carbocycles. The largest absolute Gasteiger partial charge is 0.508 e. The van der Waals surface area contributed by atoms with Gasteiger partial charge in [0.1, 0.15) is 5.75 Å². The van der Waals surface area contributed by atoms with E-state index >= 15 is 0 Å². The quantitative estimate of drug-likeness (QED) is 0.700. The standard InChI is InChI=1S/C11H8N2O2S/c1-6-12-11(13-15-6)10-4-7-2-3-8(14)5-9(7)16-10/h2-5,14H,1H3. The highest BCUT2D eigenvalue weighted by Gasteiger charge is 2.09. The van der Waals surface area contributed by atoms with E-state index in [0.29, 0.717) is 11.7 Å². The van der Waals surface area contributed by atoms with Crippen LogP contribution in [0, 0.1) is 6.92 Å². The number of aryl methyl sites for hydroxylation is 1. The normalized spacial score (nSPS) is 11.1. The molecule has 0 aliphatic heterocycles. The van der Waals surface area contributed by atoms with E-state index in [-0.39, 0.29) is 5.75 Å². The molecule has 3 rings (SSSR count). The third-order valence-electron chi connectivity index (χ3n) is 2.25. The Balaban J connectivity index is 2.18. The molecule has 0 fully saturated rings. The lowest BCUT2D eigenvalue weighted by atomic mass is 10.2. The third-order valence-corrected chi connectivity index (χ3v) is 3.35. The third kappa shape index (κ3) is 1.45. The van der Waals surface area contributed by atoms with Crippen LogP contribution in [0.5, 0.6) is 5.75 Å². The molecule has 80 valence electrons. The van der Waals surface area contributed by atoms with E-state index in [1.165, 1.54) is 11.3 Å². The predicted octanol–water partition coefficient (Wildman–Crippen LogP) is 2.97. The number of fused-ring (bicyclic) bond motifs is 1. The van der Waals surface area contributed by atoms with E-state index in [9.17, 15) is 5.11 Å². The molecule has 0 aliphatic carbocycles. The number of hydrogen-bond acceptors (Lipinski definition) is 5. The summed E-state index contributed by atoms with van der Waals surface area (Å²) in [7, 11) is 0. The highest BCUT2D eigenvalue weighted by Crippen LogP contribution is 2.33. The van der Waals surface area contributed by atoms with Crippen molar-refractivity contribution >= 4 is 21.4 Å². The summed E-state index contributed by atoms with van der Waals surface area (Å²) >= 11 is 1.53. The van der Waals surface area contributed by atoms with Crippen molar-refractivity contribution in [3.05, 3.63) is 30.2 Å². The second-order valence-electron chi connectivity index (χ2n) is 3.47. The van der Waals surface area contributed by atoms with Gasteiger partial charge in [-0.15, -0.1) is 11.3 Å². The van der Waals surface area contributed by atoms with Crippen LogP contribution in [0.2, 0.25) is 0 Å². The van der Waals surface area contributed by atoms with Crippen molar-refractivity contribution in [1.82, 2.24) is 10.1 Å². The van der Waals surface area contributed by atoms with E-state index in [2.05, 4.69) is 10.1 Å². The molecule has 0 amide bonds. The number of phenolic OH excluding ortho intramolecular Hbond substituents is 1. The molecule has 4 nitrogen and oxygen atoms in total. The Morgan fingerprint density at radius 1 is 1.31 bits per heavy atom. The number of phenols is 1. The Bertz CT molecular complexity index is 657. The fraction of sp³-hybridized carbons (Fsp3) is 0.0909. The van der Waals surface area contributed by atoms with Crippen LogP contribution in [0.4, 0.5) is 0 Å². The number of thiophene rings is 1. The number of aromatic nitrogens is 2. The van der Waals surface area contributed by atoms with Crippen LogP contribution < -0.4 is 0 Å². The number of hydrogen-bond donors (Lipinski definition) is 1. The zero-order valence-corrected chi connectivity index (χ0v) is 9.28. The highest BCUT2D eigenvalue weighted by molar-refractivity contribution is 7.22. The Labute approximate surface area is 95.2 Å². The summed E-state index contributed by atoms with van der Waals surface area (Å²) in [4.78, 5) is 5.11. The molecule has 5 heteroatoms. The SMILES string of the molecule is Cc1nc(-c2cc3ccc(O)cc3s2)no1. The maximum Gasteiger partial charge on any atom is 0.223 e. The first-order valence-electron chi connectivity index (χ1n) is 4.75. The molecule has 3 aromatic rings. The second kappa shape index (κ2) is 3.31. The molecule has 1 N–H and O–H groups in total. The van der Waals surface area contributed by atoms with Gasteiger partial charge in [0.2, 0.25) is 11.7 Å². The summed E-state index contributed by atoms with van der Waals surface area (Å²) < 4.78 is 5.95. The number of aromatic hydroxyl groups is 1. The van der Waals surface area contributed by atoms with Crippen LogP contribution in [-0.2, 0) is 0 Å². The Hall–Kier alpha value is -1.88. The van der Waals surface area contributed by atoms with E-state index in [0.717, 1.165) is 15.0 Å². The van der Waals surface area contributed by atoms with Gasteiger partial charge < -0.3 is 9.63 Å². The summed E-state index contributed by atoms with van der Waals surface area (Å²) in [5, 5.41) is 14.3. The topological polar surface area (TPSA) is 59.2 Å². The van der Waals surface area contributed by atoms with Gasteiger partial charge in [0, 0.05) is 11.6 Å². The van der Waals surface area contributed by atoms with Gasteiger partial charge in [-0.3, -0.25) is 0 Å². The molecule has 0 bridgehead atoms. The molecule has 16 heavy (non-hydrogen) atoms.